The van der Waals surface area contributed by atoms with Crippen molar-refractivity contribution in [2.45, 2.75) is 46.1 Å². The lowest BCUT2D eigenvalue weighted by molar-refractivity contribution is -0.134. The summed E-state index contributed by atoms with van der Waals surface area (Å²) >= 11 is 0. The van der Waals surface area contributed by atoms with Crippen LogP contribution in [0.15, 0.2) is 24.3 Å². The van der Waals surface area contributed by atoms with Gasteiger partial charge in [0.1, 0.15) is 0 Å². The number of hydrogen-bond donors (Lipinski definition) is 1. The fourth-order valence-corrected chi connectivity index (χ4v) is 2.91. The van der Waals surface area contributed by atoms with Crippen LogP contribution in [-0.4, -0.2) is 29.8 Å². The summed E-state index contributed by atoms with van der Waals surface area (Å²) in [7, 11) is 0. The first-order chi connectivity index (χ1) is 10.5. The SMILES string of the molecule is CCc1ccc(C(C)NC(=O)C2CCN(C(C)=O)CC2)cc1. The van der Waals surface area contributed by atoms with E-state index in [-0.39, 0.29) is 23.8 Å². The van der Waals surface area contributed by atoms with Crippen molar-refractivity contribution >= 4 is 11.8 Å². The zero-order valence-corrected chi connectivity index (χ0v) is 13.8. The molecular formula is C18H26N2O2. The molecule has 1 aliphatic heterocycles. The van der Waals surface area contributed by atoms with Gasteiger partial charge >= 0.3 is 0 Å². The van der Waals surface area contributed by atoms with E-state index >= 15 is 0 Å². The molecule has 1 atom stereocenters. The maximum absolute atomic E-state index is 12.4. The van der Waals surface area contributed by atoms with Gasteiger partial charge in [-0.1, -0.05) is 31.2 Å². The molecule has 1 unspecified atom stereocenters. The Labute approximate surface area is 132 Å². The first-order valence-electron chi connectivity index (χ1n) is 8.16. The Morgan fingerprint density at radius 1 is 1.23 bits per heavy atom. The first-order valence-corrected chi connectivity index (χ1v) is 8.16. The van der Waals surface area contributed by atoms with Gasteiger partial charge in [-0.2, -0.15) is 0 Å². The zero-order chi connectivity index (χ0) is 16.1. The van der Waals surface area contributed by atoms with E-state index in [2.05, 4.69) is 36.5 Å². The summed E-state index contributed by atoms with van der Waals surface area (Å²) < 4.78 is 0. The van der Waals surface area contributed by atoms with Crippen LogP contribution in [0, 0.1) is 5.92 Å². The molecule has 120 valence electrons. The Morgan fingerprint density at radius 2 is 1.82 bits per heavy atom. The smallest absolute Gasteiger partial charge is 0.223 e. The molecule has 1 fully saturated rings. The Balaban J connectivity index is 1.87. The molecule has 0 spiro atoms. The second-order valence-corrected chi connectivity index (χ2v) is 6.11. The largest absolute Gasteiger partial charge is 0.349 e. The van der Waals surface area contributed by atoms with Gasteiger partial charge < -0.3 is 10.2 Å². The van der Waals surface area contributed by atoms with Gasteiger partial charge in [0.15, 0.2) is 0 Å². The van der Waals surface area contributed by atoms with Gasteiger partial charge in [0.25, 0.3) is 0 Å². The van der Waals surface area contributed by atoms with Crippen molar-refractivity contribution < 1.29 is 9.59 Å². The Hall–Kier alpha value is -1.84. The van der Waals surface area contributed by atoms with Gasteiger partial charge in [-0.3, -0.25) is 9.59 Å². The van der Waals surface area contributed by atoms with Crippen LogP contribution in [0.5, 0.6) is 0 Å². The van der Waals surface area contributed by atoms with E-state index < -0.39 is 0 Å². The van der Waals surface area contributed by atoms with E-state index in [1.54, 1.807) is 6.92 Å². The van der Waals surface area contributed by atoms with Crippen molar-refractivity contribution in [1.29, 1.82) is 0 Å². The van der Waals surface area contributed by atoms with E-state index in [9.17, 15) is 9.59 Å². The number of benzene rings is 1. The highest BCUT2D eigenvalue weighted by Crippen LogP contribution is 2.20. The van der Waals surface area contributed by atoms with E-state index in [4.69, 9.17) is 0 Å². The summed E-state index contributed by atoms with van der Waals surface area (Å²) in [6, 6.07) is 8.42. The molecule has 0 saturated carbocycles. The molecule has 1 heterocycles. The normalized spacial score (nSPS) is 17.1. The molecule has 4 heteroatoms. The number of piperidine rings is 1. The van der Waals surface area contributed by atoms with Crippen LogP contribution in [0.3, 0.4) is 0 Å². The lowest BCUT2D eigenvalue weighted by Crippen LogP contribution is -2.42. The summed E-state index contributed by atoms with van der Waals surface area (Å²) in [5.74, 6) is 0.228. The third-order valence-corrected chi connectivity index (χ3v) is 4.56. The summed E-state index contributed by atoms with van der Waals surface area (Å²) in [5.41, 5.74) is 2.44. The van der Waals surface area contributed by atoms with Crippen LogP contribution < -0.4 is 5.32 Å². The highest BCUT2D eigenvalue weighted by molar-refractivity contribution is 5.80. The van der Waals surface area contributed by atoms with Crippen molar-refractivity contribution in [3.05, 3.63) is 35.4 Å². The predicted octanol–water partition coefficient (Wildman–Crippen LogP) is 2.68. The molecule has 0 bridgehead atoms. The molecule has 4 nitrogen and oxygen atoms in total. The molecule has 1 aliphatic rings. The van der Waals surface area contributed by atoms with Crippen molar-refractivity contribution in [3.8, 4) is 0 Å². The second-order valence-electron chi connectivity index (χ2n) is 6.11. The third-order valence-electron chi connectivity index (χ3n) is 4.56. The molecular weight excluding hydrogens is 276 g/mol. The minimum absolute atomic E-state index is 0.0178. The number of aryl methyl sites for hydroxylation is 1. The van der Waals surface area contributed by atoms with Crippen LogP contribution >= 0.6 is 0 Å². The second kappa shape index (κ2) is 7.43. The van der Waals surface area contributed by atoms with Crippen molar-refractivity contribution in [3.63, 3.8) is 0 Å². The van der Waals surface area contributed by atoms with Gasteiger partial charge in [0, 0.05) is 25.9 Å². The standard InChI is InChI=1S/C18H26N2O2/c1-4-15-5-7-16(8-6-15)13(2)19-18(22)17-9-11-20(12-10-17)14(3)21/h5-8,13,17H,4,9-12H2,1-3H3,(H,19,22). The fourth-order valence-electron chi connectivity index (χ4n) is 2.91. The van der Waals surface area contributed by atoms with E-state index in [1.165, 1.54) is 5.56 Å². The van der Waals surface area contributed by atoms with Crippen molar-refractivity contribution in [2.24, 2.45) is 5.92 Å². The first kappa shape index (κ1) is 16.5. The minimum atomic E-state index is 0.0178. The maximum atomic E-state index is 12.4. The van der Waals surface area contributed by atoms with Crippen LogP contribution in [-0.2, 0) is 16.0 Å². The molecule has 1 saturated heterocycles. The predicted molar refractivity (Wildman–Crippen MR) is 87.4 cm³/mol. The summed E-state index contributed by atoms with van der Waals surface area (Å²) in [6.07, 6.45) is 2.54. The number of nitrogens with one attached hydrogen (secondary N) is 1. The van der Waals surface area contributed by atoms with Gasteiger partial charge in [0.05, 0.1) is 6.04 Å². The molecule has 0 aromatic heterocycles. The Kier molecular flexibility index (Phi) is 5.58. The fraction of sp³-hybridized carbons (Fsp3) is 0.556. The molecule has 2 rings (SSSR count). The number of amides is 2. The van der Waals surface area contributed by atoms with Crippen LogP contribution in [0.2, 0.25) is 0 Å². The maximum Gasteiger partial charge on any atom is 0.223 e. The number of likely N-dealkylation sites (tertiary alicyclic amines) is 1. The number of carbonyl (C=O) groups excluding carboxylic acids is 2. The molecule has 1 aromatic rings. The molecule has 2 amide bonds. The molecule has 1 aromatic carbocycles. The average molecular weight is 302 g/mol. The van der Waals surface area contributed by atoms with Gasteiger partial charge in [0.2, 0.25) is 11.8 Å². The van der Waals surface area contributed by atoms with Crippen LogP contribution in [0.1, 0.15) is 50.8 Å². The zero-order valence-electron chi connectivity index (χ0n) is 13.8. The minimum Gasteiger partial charge on any atom is -0.349 e. The monoisotopic (exact) mass is 302 g/mol. The van der Waals surface area contributed by atoms with Crippen molar-refractivity contribution in [2.75, 3.05) is 13.1 Å². The molecule has 0 radical (unpaired) electrons. The van der Waals surface area contributed by atoms with E-state index in [1.807, 2.05) is 11.8 Å². The highest BCUT2D eigenvalue weighted by Gasteiger charge is 2.26. The summed E-state index contributed by atoms with van der Waals surface area (Å²) in [5, 5.41) is 3.11. The van der Waals surface area contributed by atoms with Gasteiger partial charge in [-0.15, -0.1) is 0 Å². The molecule has 1 N–H and O–H groups in total. The lowest BCUT2D eigenvalue weighted by atomic mass is 9.95. The highest BCUT2D eigenvalue weighted by atomic mass is 16.2. The molecule has 0 aliphatic carbocycles. The Morgan fingerprint density at radius 3 is 2.32 bits per heavy atom. The van der Waals surface area contributed by atoms with E-state index in [0.29, 0.717) is 13.1 Å². The van der Waals surface area contributed by atoms with Gasteiger partial charge in [-0.05, 0) is 37.3 Å². The number of hydrogen-bond acceptors (Lipinski definition) is 2. The van der Waals surface area contributed by atoms with Gasteiger partial charge in [-0.25, -0.2) is 0 Å². The number of nitrogens with zero attached hydrogens (tertiary/aromatic N) is 1. The van der Waals surface area contributed by atoms with E-state index in [0.717, 1.165) is 24.8 Å². The summed E-state index contributed by atoms with van der Waals surface area (Å²) in [6.45, 7) is 7.11. The topological polar surface area (TPSA) is 49.4 Å². The Bertz CT molecular complexity index is 516. The number of rotatable bonds is 4. The van der Waals surface area contributed by atoms with Crippen LogP contribution in [0.4, 0.5) is 0 Å². The quantitative estimate of drug-likeness (QED) is 0.929. The molecule has 22 heavy (non-hydrogen) atoms. The van der Waals surface area contributed by atoms with Crippen molar-refractivity contribution in [1.82, 2.24) is 10.2 Å². The summed E-state index contributed by atoms with van der Waals surface area (Å²) in [4.78, 5) is 25.5. The number of carbonyl (C=O) groups is 2. The third kappa shape index (κ3) is 4.09. The lowest BCUT2D eigenvalue weighted by Gasteiger charge is -2.31. The van der Waals surface area contributed by atoms with Crippen LogP contribution in [0.25, 0.3) is 0 Å². The average Bonchev–Trinajstić information content (AvgIpc) is 2.54.